The van der Waals surface area contributed by atoms with Gasteiger partial charge in [0.05, 0.1) is 15.5 Å². The van der Waals surface area contributed by atoms with Crippen molar-refractivity contribution in [3.8, 4) is 11.5 Å². The Hall–Kier alpha value is -2.03. The summed E-state index contributed by atoms with van der Waals surface area (Å²) in [6.07, 6.45) is 0. The Morgan fingerprint density at radius 2 is 1.91 bits per heavy atom. The van der Waals surface area contributed by atoms with Gasteiger partial charge in [-0.3, -0.25) is 8.86 Å². The second kappa shape index (κ2) is 6.23. The van der Waals surface area contributed by atoms with Crippen LogP contribution < -0.4 is 9.04 Å². The average molecular weight is 351 g/mol. The molecule has 2 atom stereocenters. The van der Waals surface area contributed by atoms with Crippen LogP contribution in [0.1, 0.15) is 6.92 Å². The maximum atomic E-state index is 11.5. The fourth-order valence-corrected chi connectivity index (χ4v) is 3.84. The Kier molecular flexibility index (Phi) is 4.29. The molecular weight excluding hydrogens is 338 g/mol. The number of hydrogen-bond acceptors (Lipinski definition) is 4. The van der Waals surface area contributed by atoms with E-state index in [0.29, 0.717) is 11.4 Å². The Morgan fingerprint density at radius 3 is 2.61 bits per heavy atom. The first-order valence-electron chi connectivity index (χ1n) is 6.69. The number of carbonyl (C=O) groups is 1. The minimum absolute atomic E-state index is 0.343. The van der Waals surface area contributed by atoms with Crippen LogP contribution in [0.15, 0.2) is 52.3 Å². The minimum atomic E-state index is -2.45. The molecule has 8 heteroatoms. The zero-order valence-corrected chi connectivity index (χ0v) is 13.6. The normalized spacial score (nSPS) is 14.9. The van der Waals surface area contributed by atoms with Gasteiger partial charge in [0.1, 0.15) is 17.5 Å². The predicted molar refractivity (Wildman–Crippen MR) is 87.4 cm³/mol. The summed E-state index contributed by atoms with van der Waals surface area (Å²) in [7, 11) is 0. The Bertz CT molecular complexity index is 795. The molecule has 23 heavy (non-hydrogen) atoms. The van der Waals surface area contributed by atoms with E-state index in [2.05, 4.69) is 0 Å². The van der Waals surface area contributed by atoms with E-state index in [-0.39, 0.29) is 0 Å². The molecule has 0 spiro atoms. The Balaban J connectivity index is 1.98. The third-order valence-corrected chi connectivity index (χ3v) is 5.31. The molecule has 0 amide bonds. The van der Waals surface area contributed by atoms with Crippen LogP contribution in [0.4, 0.5) is 5.69 Å². The molecule has 1 aliphatic rings. The number of benzene rings is 2. The smallest absolute Gasteiger partial charge is 0.327 e. The standard InChI is InChI=1S/C15H13NO5S2/c1-9(15(17)18)16(23(19)20)10-6-7-12-14(8-10)22-13-5-3-2-4-11(13)21-12/h2-9H,1H3,(H,17,18)(H,19,20). The molecule has 2 aromatic carbocycles. The molecule has 0 radical (unpaired) electrons. The number of aliphatic carboxylic acids is 1. The number of anilines is 1. The molecule has 120 valence electrons. The van der Waals surface area contributed by atoms with E-state index >= 15 is 0 Å². The molecule has 0 fully saturated rings. The first kappa shape index (κ1) is 15.9. The zero-order valence-electron chi connectivity index (χ0n) is 12.0. The molecular formula is C15H13NO5S2. The number of hydrogen-bond donors (Lipinski definition) is 2. The number of rotatable bonds is 4. The van der Waals surface area contributed by atoms with Crippen LogP contribution in [0.5, 0.6) is 11.5 Å². The van der Waals surface area contributed by atoms with Gasteiger partial charge in [0.15, 0.2) is 0 Å². The summed E-state index contributed by atoms with van der Waals surface area (Å²) in [5.41, 5.74) is 0.343. The van der Waals surface area contributed by atoms with E-state index in [0.717, 1.165) is 19.8 Å². The third kappa shape index (κ3) is 3.05. The summed E-state index contributed by atoms with van der Waals surface area (Å²) in [6.45, 7) is 1.36. The van der Waals surface area contributed by atoms with Crippen molar-refractivity contribution in [3.63, 3.8) is 0 Å². The fourth-order valence-electron chi connectivity index (χ4n) is 2.20. The van der Waals surface area contributed by atoms with Crippen LogP contribution in [0.25, 0.3) is 0 Å². The first-order chi connectivity index (χ1) is 11.0. The molecule has 0 saturated carbocycles. The van der Waals surface area contributed by atoms with Crippen LogP contribution >= 0.6 is 11.8 Å². The Labute approximate surface area is 139 Å². The number of carboxylic acid groups (broad SMARTS) is 1. The van der Waals surface area contributed by atoms with Crippen molar-refractivity contribution in [2.24, 2.45) is 0 Å². The van der Waals surface area contributed by atoms with Crippen LogP contribution in [0.3, 0.4) is 0 Å². The van der Waals surface area contributed by atoms with Gasteiger partial charge in [-0.15, -0.1) is 0 Å². The van der Waals surface area contributed by atoms with E-state index < -0.39 is 23.3 Å². The molecule has 0 aromatic heterocycles. The second-order valence-electron chi connectivity index (χ2n) is 4.85. The largest absolute Gasteiger partial charge is 0.480 e. The second-order valence-corrected chi connectivity index (χ2v) is 6.79. The van der Waals surface area contributed by atoms with Crippen molar-refractivity contribution in [1.82, 2.24) is 0 Å². The predicted octanol–water partition coefficient (Wildman–Crippen LogP) is 3.36. The molecule has 2 aromatic rings. The molecule has 3 rings (SSSR count). The van der Waals surface area contributed by atoms with E-state index in [4.69, 9.17) is 9.84 Å². The summed E-state index contributed by atoms with van der Waals surface area (Å²) in [5, 5.41) is 9.11. The molecule has 2 unspecified atom stereocenters. The van der Waals surface area contributed by atoms with Gasteiger partial charge < -0.3 is 9.84 Å². The topological polar surface area (TPSA) is 87.1 Å². The van der Waals surface area contributed by atoms with Gasteiger partial charge in [0.2, 0.25) is 0 Å². The van der Waals surface area contributed by atoms with Crippen LogP contribution in [-0.4, -0.2) is 25.9 Å². The van der Waals surface area contributed by atoms with Crippen molar-refractivity contribution >= 4 is 34.7 Å². The van der Waals surface area contributed by atoms with Gasteiger partial charge in [0.25, 0.3) is 11.3 Å². The van der Waals surface area contributed by atoms with Crippen LogP contribution in [0, 0.1) is 0 Å². The summed E-state index contributed by atoms with van der Waals surface area (Å²) in [5.74, 6) is 0.197. The van der Waals surface area contributed by atoms with Gasteiger partial charge in [0, 0.05) is 0 Å². The van der Waals surface area contributed by atoms with Crippen LogP contribution in [-0.2, 0) is 16.1 Å². The van der Waals surface area contributed by atoms with Crippen molar-refractivity contribution < 1.29 is 23.4 Å². The fraction of sp³-hybridized carbons (Fsp3) is 0.133. The quantitative estimate of drug-likeness (QED) is 0.701. The van der Waals surface area contributed by atoms with Gasteiger partial charge in [-0.1, -0.05) is 23.9 Å². The maximum Gasteiger partial charge on any atom is 0.327 e. The summed E-state index contributed by atoms with van der Waals surface area (Å²) >= 11 is -0.982. The summed E-state index contributed by atoms with van der Waals surface area (Å²) < 4.78 is 27.7. The monoisotopic (exact) mass is 351 g/mol. The number of para-hydroxylation sites is 1. The SMILES string of the molecule is CC(C(=O)O)N(c1ccc2c(c1)Sc1ccccc1O2)S(=O)O. The first-order valence-corrected chi connectivity index (χ1v) is 8.57. The van der Waals surface area contributed by atoms with E-state index in [9.17, 15) is 13.6 Å². The number of fused-ring (bicyclic) bond motifs is 2. The van der Waals surface area contributed by atoms with E-state index in [1.54, 1.807) is 18.2 Å². The maximum absolute atomic E-state index is 11.5. The van der Waals surface area contributed by atoms with Crippen LogP contribution in [0.2, 0.25) is 0 Å². The average Bonchev–Trinajstić information content (AvgIpc) is 2.52. The minimum Gasteiger partial charge on any atom is -0.480 e. The summed E-state index contributed by atoms with van der Waals surface area (Å²) in [6, 6.07) is 11.3. The zero-order chi connectivity index (χ0) is 16.6. The van der Waals surface area contributed by atoms with Gasteiger partial charge in [-0.25, -0.2) is 9.00 Å². The highest BCUT2D eigenvalue weighted by Crippen LogP contribution is 2.48. The van der Waals surface area contributed by atoms with Crippen molar-refractivity contribution in [2.45, 2.75) is 22.8 Å². The lowest BCUT2D eigenvalue weighted by atomic mass is 10.2. The van der Waals surface area contributed by atoms with E-state index in [1.165, 1.54) is 18.7 Å². The van der Waals surface area contributed by atoms with Gasteiger partial charge in [-0.05, 0) is 37.3 Å². The van der Waals surface area contributed by atoms with Crippen molar-refractivity contribution in [1.29, 1.82) is 0 Å². The Morgan fingerprint density at radius 1 is 1.22 bits per heavy atom. The lowest BCUT2D eigenvalue weighted by Crippen LogP contribution is -2.40. The lowest BCUT2D eigenvalue weighted by molar-refractivity contribution is -0.137. The summed E-state index contributed by atoms with van der Waals surface area (Å²) in [4.78, 5) is 12.8. The van der Waals surface area contributed by atoms with Crippen molar-refractivity contribution in [3.05, 3.63) is 42.5 Å². The number of nitrogens with zero attached hydrogens (tertiary/aromatic N) is 1. The van der Waals surface area contributed by atoms with Gasteiger partial charge in [-0.2, -0.15) is 0 Å². The molecule has 1 aliphatic heterocycles. The lowest BCUT2D eigenvalue weighted by Gasteiger charge is -2.26. The molecule has 1 heterocycles. The molecule has 0 bridgehead atoms. The highest BCUT2D eigenvalue weighted by Gasteiger charge is 2.27. The molecule has 6 nitrogen and oxygen atoms in total. The van der Waals surface area contributed by atoms with Gasteiger partial charge >= 0.3 is 5.97 Å². The molecule has 2 N–H and O–H groups in total. The van der Waals surface area contributed by atoms with E-state index in [1.807, 2.05) is 24.3 Å². The number of ether oxygens (including phenoxy) is 1. The number of carboxylic acids is 1. The van der Waals surface area contributed by atoms with Crippen molar-refractivity contribution in [2.75, 3.05) is 4.31 Å². The highest BCUT2D eigenvalue weighted by atomic mass is 32.2. The third-order valence-electron chi connectivity index (χ3n) is 3.35. The molecule has 0 aliphatic carbocycles. The molecule has 0 saturated heterocycles. The highest BCUT2D eigenvalue weighted by molar-refractivity contribution is 7.99.